The number of ether oxygens (including phenoxy) is 3. The Hall–Kier alpha value is -0.200. The first kappa shape index (κ1) is 14.8. The molecule has 0 amide bonds. The minimum Gasteiger partial charge on any atom is -0.389 e. The van der Waals surface area contributed by atoms with Crippen molar-refractivity contribution in [1.82, 2.24) is 4.90 Å². The highest BCUT2D eigenvalue weighted by Crippen LogP contribution is 1.90. The molecule has 0 bridgehead atoms. The Labute approximate surface area is 91.9 Å². The van der Waals surface area contributed by atoms with E-state index in [0.717, 1.165) is 6.54 Å². The third-order valence-electron chi connectivity index (χ3n) is 1.93. The second kappa shape index (κ2) is 10.3. The van der Waals surface area contributed by atoms with E-state index in [1.165, 1.54) is 0 Å². The smallest absolute Gasteiger partial charge is 0.0899 e. The summed E-state index contributed by atoms with van der Waals surface area (Å²) in [5.41, 5.74) is 0. The zero-order valence-electron chi connectivity index (χ0n) is 9.94. The number of hydrogen-bond donors (Lipinski definition) is 1. The maximum absolute atomic E-state index is 9.43. The minimum atomic E-state index is -0.432. The summed E-state index contributed by atoms with van der Waals surface area (Å²) in [7, 11) is 5.17. The lowest BCUT2D eigenvalue weighted by atomic mass is 10.3. The lowest BCUT2D eigenvalue weighted by Crippen LogP contribution is -2.34. The van der Waals surface area contributed by atoms with E-state index in [1.807, 2.05) is 11.9 Å². The molecule has 0 saturated heterocycles. The molecule has 0 aliphatic rings. The van der Waals surface area contributed by atoms with Crippen LogP contribution in [0.1, 0.15) is 0 Å². The number of methoxy groups -OCH3 is 2. The predicted molar refractivity (Wildman–Crippen MR) is 58.1 cm³/mol. The van der Waals surface area contributed by atoms with Gasteiger partial charge in [-0.15, -0.1) is 0 Å². The molecule has 0 rings (SSSR count). The molecule has 0 aromatic heterocycles. The molecule has 0 aromatic rings. The Morgan fingerprint density at radius 3 is 2.47 bits per heavy atom. The van der Waals surface area contributed by atoms with E-state index in [4.69, 9.17) is 14.2 Å². The zero-order valence-corrected chi connectivity index (χ0v) is 9.94. The second-order valence-corrected chi connectivity index (χ2v) is 3.48. The molecule has 1 atom stereocenters. The summed E-state index contributed by atoms with van der Waals surface area (Å²) in [6, 6.07) is 0. The largest absolute Gasteiger partial charge is 0.389 e. The third kappa shape index (κ3) is 10.1. The predicted octanol–water partition coefficient (Wildman–Crippen LogP) is -0.411. The molecule has 5 nitrogen and oxygen atoms in total. The molecule has 0 saturated carbocycles. The fourth-order valence-corrected chi connectivity index (χ4v) is 1.16. The molecule has 0 aliphatic carbocycles. The van der Waals surface area contributed by atoms with Crippen molar-refractivity contribution in [1.29, 1.82) is 0 Å². The summed E-state index contributed by atoms with van der Waals surface area (Å²) in [5, 5.41) is 9.43. The summed E-state index contributed by atoms with van der Waals surface area (Å²) < 4.78 is 15.0. The first-order valence-corrected chi connectivity index (χ1v) is 5.13. The standard InChI is InChI=1S/C10H23NO4/c1-11(8-10(12)9-14-3)4-5-15-7-6-13-2/h10,12H,4-9H2,1-3H3. The van der Waals surface area contributed by atoms with E-state index >= 15 is 0 Å². The molecule has 1 N–H and O–H groups in total. The van der Waals surface area contributed by atoms with Gasteiger partial charge in [-0.05, 0) is 7.05 Å². The number of hydrogen-bond acceptors (Lipinski definition) is 5. The van der Waals surface area contributed by atoms with Gasteiger partial charge in [0.1, 0.15) is 0 Å². The highest BCUT2D eigenvalue weighted by atomic mass is 16.5. The van der Waals surface area contributed by atoms with Gasteiger partial charge in [0, 0.05) is 27.3 Å². The molecule has 1 unspecified atom stereocenters. The lowest BCUT2D eigenvalue weighted by Gasteiger charge is -2.19. The van der Waals surface area contributed by atoms with Crippen LogP contribution in [-0.4, -0.2) is 76.9 Å². The average molecular weight is 221 g/mol. The van der Waals surface area contributed by atoms with Crippen LogP contribution in [0, 0.1) is 0 Å². The average Bonchev–Trinajstić information content (AvgIpc) is 2.17. The van der Waals surface area contributed by atoms with Crippen LogP contribution in [0.2, 0.25) is 0 Å². The van der Waals surface area contributed by atoms with E-state index in [9.17, 15) is 5.11 Å². The SMILES string of the molecule is COCCOCCN(C)CC(O)COC. The molecule has 92 valence electrons. The Balaban J connectivity index is 3.28. The van der Waals surface area contributed by atoms with Gasteiger partial charge in [-0.1, -0.05) is 0 Å². The van der Waals surface area contributed by atoms with Crippen LogP contribution >= 0.6 is 0 Å². The van der Waals surface area contributed by atoms with Crippen LogP contribution in [0.25, 0.3) is 0 Å². The van der Waals surface area contributed by atoms with Crippen LogP contribution in [0.3, 0.4) is 0 Å². The fourth-order valence-electron chi connectivity index (χ4n) is 1.16. The van der Waals surface area contributed by atoms with Crippen LogP contribution < -0.4 is 0 Å². The number of aliphatic hydroxyl groups is 1. The summed E-state index contributed by atoms with van der Waals surface area (Å²) in [6.45, 7) is 3.65. The van der Waals surface area contributed by atoms with Gasteiger partial charge in [-0.2, -0.15) is 0 Å². The number of nitrogens with zero attached hydrogens (tertiary/aromatic N) is 1. The van der Waals surface area contributed by atoms with Gasteiger partial charge in [0.15, 0.2) is 0 Å². The van der Waals surface area contributed by atoms with Crippen LogP contribution in [-0.2, 0) is 14.2 Å². The Kier molecular flexibility index (Phi) is 10.2. The summed E-state index contributed by atoms with van der Waals surface area (Å²) in [4.78, 5) is 2.01. The topological polar surface area (TPSA) is 51.2 Å². The monoisotopic (exact) mass is 221 g/mol. The number of likely N-dealkylation sites (N-methyl/N-ethyl adjacent to an activating group) is 1. The molecule has 15 heavy (non-hydrogen) atoms. The van der Waals surface area contributed by atoms with Gasteiger partial charge in [-0.25, -0.2) is 0 Å². The molecule has 0 radical (unpaired) electrons. The van der Waals surface area contributed by atoms with Crippen molar-refractivity contribution in [2.24, 2.45) is 0 Å². The van der Waals surface area contributed by atoms with Gasteiger partial charge in [-0.3, -0.25) is 0 Å². The van der Waals surface area contributed by atoms with Gasteiger partial charge in [0.2, 0.25) is 0 Å². The molecule has 0 heterocycles. The van der Waals surface area contributed by atoms with E-state index in [2.05, 4.69) is 0 Å². The van der Waals surface area contributed by atoms with Crippen molar-refractivity contribution in [3.63, 3.8) is 0 Å². The number of aliphatic hydroxyl groups excluding tert-OH is 1. The number of rotatable bonds is 10. The molecular weight excluding hydrogens is 198 g/mol. The maximum atomic E-state index is 9.43. The Bertz CT molecular complexity index is 135. The van der Waals surface area contributed by atoms with Crippen LogP contribution in [0.15, 0.2) is 0 Å². The summed E-state index contributed by atoms with van der Waals surface area (Å²) >= 11 is 0. The molecule has 0 spiro atoms. The molecule has 5 heteroatoms. The van der Waals surface area contributed by atoms with Gasteiger partial charge in [0.05, 0.1) is 32.5 Å². The van der Waals surface area contributed by atoms with Crippen molar-refractivity contribution in [3.8, 4) is 0 Å². The van der Waals surface area contributed by atoms with Gasteiger partial charge < -0.3 is 24.2 Å². The fraction of sp³-hybridized carbons (Fsp3) is 1.00. The third-order valence-corrected chi connectivity index (χ3v) is 1.93. The van der Waals surface area contributed by atoms with Crippen molar-refractivity contribution in [2.45, 2.75) is 6.10 Å². The Morgan fingerprint density at radius 1 is 1.13 bits per heavy atom. The van der Waals surface area contributed by atoms with Crippen molar-refractivity contribution < 1.29 is 19.3 Å². The van der Waals surface area contributed by atoms with Crippen molar-refractivity contribution in [3.05, 3.63) is 0 Å². The second-order valence-electron chi connectivity index (χ2n) is 3.48. The van der Waals surface area contributed by atoms with E-state index in [0.29, 0.717) is 33.0 Å². The quantitative estimate of drug-likeness (QED) is 0.508. The molecule has 0 fully saturated rings. The van der Waals surface area contributed by atoms with Crippen molar-refractivity contribution >= 4 is 0 Å². The summed E-state index contributed by atoms with van der Waals surface area (Å²) in [5.74, 6) is 0. The van der Waals surface area contributed by atoms with Gasteiger partial charge >= 0.3 is 0 Å². The highest BCUT2D eigenvalue weighted by molar-refractivity contribution is 4.59. The molecule has 0 aromatic carbocycles. The highest BCUT2D eigenvalue weighted by Gasteiger charge is 2.06. The zero-order chi connectivity index (χ0) is 11.5. The van der Waals surface area contributed by atoms with Crippen LogP contribution in [0.4, 0.5) is 0 Å². The normalized spacial score (nSPS) is 13.4. The summed E-state index contributed by atoms with van der Waals surface area (Å²) in [6.07, 6.45) is -0.432. The Morgan fingerprint density at radius 2 is 1.87 bits per heavy atom. The molecular formula is C10H23NO4. The first-order valence-electron chi connectivity index (χ1n) is 5.13. The van der Waals surface area contributed by atoms with Crippen molar-refractivity contribution in [2.75, 3.05) is 60.8 Å². The maximum Gasteiger partial charge on any atom is 0.0899 e. The van der Waals surface area contributed by atoms with E-state index in [1.54, 1.807) is 14.2 Å². The minimum absolute atomic E-state index is 0.370. The van der Waals surface area contributed by atoms with Crippen LogP contribution in [0.5, 0.6) is 0 Å². The van der Waals surface area contributed by atoms with E-state index < -0.39 is 6.10 Å². The van der Waals surface area contributed by atoms with Gasteiger partial charge in [0.25, 0.3) is 0 Å². The first-order chi connectivity index (χ1) is 7.20. The lowest BCUT2D eigenvalue weighted by molar-refractivity contribution is 0.0282. The molecule has 0 aliphatic heterocycles. The van der Waals surface area contributed by atoms with E-state index in [-0.39, 0.29) is 0 Å².